The Morgan fingerprint density at radius 3 is 3.13 bits per heavy atom. The summed E-state index contributed by atoms with van der Waals surface area (Å²) in [4.78, 5) is 6.71. The van der Waals surface area contributed by atoms with Gasteiger partial charge in [0.1, 0.15) is 0 Å². The monoisotopic (exact) mass is 205 g/mol. The molecule has 1 aliphatic heterocycles. The molecule has 3 heteroatoms. The molecule has 1 aromatic rings. The van der Waals surface area contributed by atoms with Crippen LogP contribution in [0.25, 0.3) is 0 Å². The molecule has 82 valence electrons. The highest BCUT2D eigenvalue weighted by Gasteiger charge is 2.15. The van der Waals surface area contributed by atoms with E-state index in [0.29, 0.717) is 6.04 Å². The number of nitrogens with zero attached hydrogens (tertiary/aromatic N) is 2. The maximum absolute atomic E-state index is 4.23. The SMILES string of the molecule is Cc1cncc(CN2CCN[C@H](C)C2)c1. The van der Waals surface area contributed by atoms with Gasteiger partial charge in [-0.25, -0.2) is 0 Å². The molecular weight excluding hydrogens is 186 g/mol. The van der Waals surface area contributed by atoms with Gasteiger partial charge in [-0.3, -0.25) is 9.88 Å². The zero-order valence-corrected chi connectivity index (χ0v) is 9.53. The van der Waals surface area contributed by atoms with Gasteiger partial charge < -0.3 is 5.32 Å². The Balaban J connectivity index is 1.96. The van der Waals surface area contributed by atoms with E-state index in [0.717, 1.165) is 26.2 Å². The second-order valence-electron chi connectivity index (χ2n) is 4.46. The third-order valence-electron chi connectivity index (χ3n) is 2.79. The number of rotatable bonds is 2. The first-order valence-corrected chi connectivity index (χ1v) is 5.60. The maximum Gasteiger partial charge on any atom is 0.0313 e. The van der Waals surface area contributed by atoms with Crippen LogP contribution in [0.4, 0.5) is 0 Å². The van der Waals surface area contributed by atoms with E-state index in [1.54, 1.807) is 0 Å². The van der Waals surface area contributed by atoms with Gasteiger partial charge >= 0.3 is 0 Å². The molecule has 0 unspecified atom stereocenters. The predicted molar refractivity (Wildman–Crippen MR) is 61.7 cm³/mol. The molecule has 0 spiro atoms. The van der Waals surface area contributed by atoms with Crippen molar-refractivity contribution in [3.05, 3.63) is 29.6 Å². The number of hydrogen-bond acceptors (Lipinski definition) is 3. The summed E-state index contributed by atoms with van der Waals surface area (Å²) in [5.74, 6) is 0. The summed E-state index contributed by atoms with van der Waals surface area (Å²) in [5, 5.41) is 3.45. The van der Waals surface area contributed by atoms with Gasteiger partial charge in [-0.1, -0.05) is 6.07 Å². The van der Waals surface area contributed by atoms with Crippen LogP contribution in [0.3, 0.4) is 0 Å². The lowest BCUT2D eigenvalue weighted by Crippen LogP contribution is -2.48. The van der Waals surface area contributed by atoms with Crippen molar-refractivity contribution < 1.29 is 0 Å². The summed E-state index contributed by atoms with van der Waals surface area (Å²) in [6, 6.07) is 2.83. The van der Waals surface area contributed by atoms with Gasteiger partial charge in [0, 0.05) is 44.6 Å². The Hall–Kier alpha value is -0.930. The molecule has 3 nitrogen and oxygen atoms in total. The van der Waals surface area contributed by atoms with Crippen molar-refractivity contribution in [2.45, 2.75) is 26.4 Å². The van der Waals surface area contributed by atoms with Crippen molar-refractivity contribution in [1.29, 1.82) is 0 Å². The Labute approximate surface area is 91.5 Å². The van der Waals surface area contributed by atoms with Crippen molar-refractivity contribution in [2.24, 2.45) is 0 Å². The molecule has 15 heavy (non-hydrogen) atoms. The minimum atomic E-state index is 0.608. The standard InChI is InChI=1S/C12H19N3/c1-10-5-12(7-13-6-10)9-15-4-3-14-11(2)8-15/h5-7,11,14H,3-4,8-9H2,1-2H3/t11-/m1/s1. The van der Waals surface area contributed by atoms with Crippen molar-refractivity contribution in [3.8, 4) is 0 Å². The van der Waals surface area contributed by atoms with E-state index in [9.17, 15) is 0 Å². The molecule has 0 amide bonds. The van der Waals surface area contributed by atoms with Crippen LogP contribution in [0.2, 0.25) is 0 Å². The van der Waals surface area contributed by atoms with E-state index in [1.165, 1.54) is 11.1 Å². The molecule has 2 rings (SSSR count). The first-order chi connectivity index (χ1) is 7.24. The summed E-state index contributed by atoms with van der Waals surface area (Å²) in [5.41, 5.74) is 2.57. The van der Waals surface area contributed by atoms with E-state index in [2.05, 4.69) is 35.1 Å². The van der Waals surface area contributed by atoms with Crippen LogP contribution >= 0.6 is 0 Å². The average molecular weight is 205 g/mol. The first kappa shape index (κ1) is 10.6. The zero-order chi connectivity index (χ0) is 10.7. The van der Waals surface area contributed by atoms with Crippen LogP contribution in [0.1, 0.15) is 18.1 Å². The first-order valence-electron chi connectivity index (χ1n) is 5.60. The highest BCUT2D eigenvalue weighted by molar-refractivity contribution is 5.16. The third kappa shape index (κ3) is 3.01. The number of piperazine rings is 1. The Kier molecular flexibility index (Phi) is 3.34. The highest BCUT2D eigenvalue weighted by atomic mass is 15.2. The Morgan fingerprint density at radius 1 is 1.53 bits per heavy atom. The van der Waals surface area contributed by atoms with Gasteiger partial charge in [0.05, 0.1) is 0 Å². The van der Waals surface area contributed by atoms with Gasteiger partial charge in [0.2, 0.25) is 0 Å². The van der Waals surface area contributed by atoms with Crippen LogP contribution in [0.5, 0.6) is 0 Å². The van der Waals surface area contributed by atoms with E-state index in [1.807, 2.05) is 12.4 Å². The lowest BCUT2D eigenvalue weighted by Gasteiger charge is -2.31. The minimum absolute atomic E-state index is 0.608. The van der Waals surface area contributed by atoms with Crippen LogP contribution in [0, 0.1) is 6.92 Å². The quantitative estimate of drug-likeness (QED) is 0.786. The molecule has 1 atom stereocenters. The molecule has 0 radical (unpaired) electrons. The van der Waals surface area contributed by atoms with Crippen molar-refractivity contribution in [1.82, 2.24) is 15.2 Å². The fourth-order valence-electron chi connectivity index (χ4n) is 2.12. The predicted octanol–water partition coefficient (Wildman–Crippen LogP) is 1.18. The summed E-state index contributed by atoms with van der Waals surface area (Å²) in [6.45, 7) is 8.73. The number of hydrogen-bond donors (Lipinski definition) is 1. The van der Waals surface area contributed by atoms with Crippen molar-refractivity contribution >= 4 is 0 Å². The fourth-order valence-corrected chi connectivity index (χ4v) is 2.12. The molecule has 0 saturated carbocycles. The lowest BCUT2D eigenvalue weighted by molar-refractivity contribution is 0.199. The third-order valence-corrected chi connectivity index (χ3v) is 2.79. The van der Waals surface area contributed by atoms with Crippen molar-refractivity contribution in [3.63, 3.8) is 0 Å². The van der Waals surface area contributed by atoms with E-state index >= 15 is 0 Å². The smallest absolute Gasteiger partial charge is 0.0313 e. The molecule has 1 N–H and O–H groups in total. The molecule has 0 aromatic carbocycles. The average Bonchev–Trinajstić information content (AvgIpc) is 2.17. The molecule has 1 aliphatic rings. The molecule has 0 bridgehead atoms. The molecular formula is C12H19N3. The number of aryl methyl sites for hydroxylation is 1. The van der Waals surface area contributed by atoms with Gasteiger partial charge in [-0.05, 0) is 25.0 Å². The second-order valence-corrected chi connectivity index (χ2v) is 4.46. The second kappa shape index (κ2) is 4.73. The molecule has 1 aromatic heterocycles. The zero-order valence-electron chi connectivity index (χ0n) is 9.53. The van der Waals surface area contributed by atoms with Crippen molar-refractivity contribution in [2.75, 3.05) is 19.6 Å². The fraction of sp³-hybridized carbons (Fsp3) is 0.583. The Morgan fingerprint density at radius 2 is 2.40 bits per heavy atom. The van der Waals surface area contributed by atoms with E-state index < -0.39 is 0 Å². The van der Waals surface area contributed by atoms with Crippen LogP contribution in [-0.2, 0) is 6.54 Å². The summed E-state index contributed by atoms with van der Waals surface area (Å²) >= 11 is 0. The van der Waals surface area contributed by atoms with E-state index in [4.69, 9.17) is 0 Å². The summed E-state index contributed by atoms with van der Waals surface area (Å²) in [7, 11) is 0. The number of aromatic nitrogens is 1. The lowest BCUT2D eigenvalue weighted by atomic mass is 10.2. The van der Waals surface area contributed by atoms with Gasteiger partial charge in [-0.2, -0.15) is 0 Å². The normalized spacial score (nSPS) is 22.9. The number of pyridine rings is 1. The molecule has 1 saturated heterocycles. The molecule has 0 aliphatic carbocycles. The van der Waals surface area contributed by atoms with Crippen LogP contribution in [0.15, 0.2) is 18.5 Å². The largest absolute Gasteiger partial charge is 0.312 e. The van der Waals surface area contributed by atoms with Crippen LogP contribution < -0.4 is 5.32 Å². The highest BCUT2D eigenvalue weighted by Crippen LogP contribution is 2.07. The topological polar surface area (TPSA) is 28.2 Å². The minimum Gasteiger partial charge on any atom is -0.312 e. The number of nitrogens with one attached hydrogen (secondary N) is 1. The molecule has 1 fully saturated rings. The molecule has 2 heterocycles. The maximum atomic E-state index is 4.23. The van der Waals surface area contributed by atoms with Gasteiger partial charge in [0.25, 0.3) is 0 Å². The van der Waals surface area contributed by atoms with Gasteiger partial charge in [0.15, 0.2) is 0 Å². The van der Waals surface area contributed by atoms with Gasteiger partial charge in [-0.15, -0.1) is 0 Å². The summed E-state index contributed by atoms with van der Waals surface area (Å²) < 4.78 is 0. The summed E-state index contributed by atoms with van der Waals surface area (Å²) in [6.07, 6.45) is 3.88. The van der Waals surface area contributed by atoms with Crippen LogP contribution in [-0.4, -0.2) is 35.6 Å². The van der Waals surface area contributed by atoms with E-state index in [-0.39, 0.29) is 0 Å². The Bertz CT molecular complexity index is 324.